The number of sulfonamides is 1. The predicted octanol–water partition coefficient (Wildman–Crippen LogP) is 2.50. The highest BCUT2D eigenvalue weighted by molar-refractivity contribution is 7.89. The van der Waals surface area contributed by atoms with Gasteiger partial charge in [0, 0.05) is 30.2 Å². The van der Waals surface area contributed by atoms with Crippen molar-refractivity contribution in [3.8, 4) is 0 Å². The summed E-state index contributed by atoms with van der Waals surface area (Å²) in [6, 6.07) is 2.43. The van der Waals surface area contributed by atoms with Crippen molar-refractivity contribution in [1.82, 2.24) is 4.31 Å². The Bertz CT molecular complexity index is 601. The van der Waals surface area contributed by atoms with Gasteiger partial charge < -0.3 is 5.73 Å². The molecule has 7 heteroatoms. The van der Waals surface area contributed by atoms with Crippen molar-refractivity contribution in [2.75, 3.05) is 7.05 Å². The van der Waals surface area contributed by atoms with E-state index >= 15 is 0 Å². The van der Waals surface area contributed by atoms with Crippen LogP contribution < -0.4 is 5.73 Å². The largest absolute Gasteiger partial charge is 0.326 e. The van der Waals surface area contributed by atoms with Crippen LogP contribution in [-0.4, -0.2) is 25.8 Å². The molecule has 0 heterocycles. The molecule has 0 spiro atoms. The number of benzene rings is 1. The lowest BCUT2D eigenvalue weighted by Gasteiger charge is -2.24. The lowest BCUT2D eigenvalue weighted by Crippen LogP contribution is -2.35. The summed E-state index contributed by atoms with van der Waals surface area (Å²) in [6.45, 7) is -0.0952. The summed E-state index contributed by atoms with van der Waals surface area (Å²) in [7, 11) is -2.40. The van der Waals surface area contributed by atoms with Crippen molar-refractivity contribution in [2.45, 2.75) is 43.2 Å². The van der Waals surface area contributed by atoms with E-state index in [-0.39, 0.29) is 28.1 Å². The Morgan fingerprint density at radius 3 is 2.55 bits per heavy atom. The van der Waals surface area contributed by atoms with Crippen LogP contribution in [0.2, 0.25) is 5.02 Å². The van der Waals surface area contributed by atoms with E-state index in [0.29, 0.717) is 0 Å². The van der Waals surface area contributed by atoms with Gasteiger partial charge in [0.05, 0.1) is 0 Å². The van der Waals surface area contributed by atoms with Gasteiger partial charge in [-0.1, -0.05) is 24.4 Å². The number of hydrogen-bond donors (Lipinski definition) is 1. The Balaban J connectivity index is 2.45. The molecule has 1 saturated carbocycles. The second-order valence-corrected chi connectivity index (χ2v) is 7.44. The molecule has 0 unspecified atom stereocenters. The maximum atomic E-state index is 14.3. The first-order valence-electron chi connectivity index (χ1n) is 6.54. The summed E-state index contributed by atoms with van der Waals surface area (Å²) in [5, 5.41) is 0.172. The number of hydrogen-bond acceptors (Lipinski definition) is 3. The summed E-state index contributed by atoms with van der Waals surface area (Å²) >= 11 is 5.87. The molecule has 4 nitrogen and oxygen atoms in total. The summed E-state index contributed by atoms with van der Waals surface area (Å²) in [4.78, 5) is -0.389. The fraction of sp³-hybridized carbons (Fsp3) is 0.538. The number of nitrogens with two attached hydrogens (primary N) is 1. The van der Waals surface area contributed by atoms with Crippen LogP contribution in [0.5, 0.6) is 0 Å². The molecule has 2 N–H and O–H groups in total. The van der Waals surface area contributed by atoms with Crippen LogP contribution in [0.1, 0.15) is 31.2 Å². The van der Waals surface area contributed by atoms with Gasteiger partial charge in [-0.2, -0.15) is 4.31 Å². The topological polar surface area (TPSA) is 63.4 Å². The first-order valence-corrected chi connectivity index (χ1v) is 8.35. The van der Waals surface area contributed by atoms with Crippen molar-refractivity contribution in [1.29, 1.82) is 0 Å². The van der Waals surface area contributed by atoms with Gasteiger partial charge in [0.2, 0.25) is 10.0 Å². The van der Waals surface area contributed by atoms with Crippen LogP contribution >= 0.6 is 11.6 Å². The Kier molecular flexibility index (Phi) is 4.69. The lowest BCUT2D eigenvalue weighted by molar-refractivity contribution is 0.370. The van der Waals surface area contributed by atoms with Crippen molar-refractivity contribution < 1.29 is 12.8 Å². The molecule has 1 aromatic rings. The van der Waals surface area contributed by atoms with Crippen molar-refractivity contribution >= 4 is 21.6 Å². The first kappa shape index (κ1) is 15.7. The van der Waals surface area contributed by atoms with Crippen molar-refractivity contribution in [2.24, 2.45) is 5.73 Å². The number of nitrogens with zero attached hydrogens (tertiary/aromatic N) is 1. The maximum absolute atomic E-state index is 14.3. The SMILES string of the molecule is CN(C1CCCC1)S(=O)(=O)c1cc(Cl)cc(CN)c1F. The van der Waals surface area contributed by atoms with E-state index in [1.807, 2.05) is 0 Å². The zero-order chi connectivity index (χ0) is 14.9. The minimum Gasteiger partial charge on any atom is -0.326 e. The van der Waals surface area contributed by atoms with Crippen molar-refractivity contribution in [3.05, 3.63) is 28.5 Å². The van der Waals surface area contributed by atoms with Gasteiger partial charge in [-0.05, 0) is 25.0 Å². The molecule has 1 aromatic carbocycles. The molecule has 1 aliphatic carbocycles. The van der Waals surface area contributed by atoms with Gasteiger partial charge in [0.15, 0.2) is 0 Å². The smallest absolute Gasteiger partial charge is 0.246 e. The van der Waals surface area contributed by atoms with Crippen molar-refractivity contribution in [3.63, 3.8) is 0 Å². The second kappa shape index (κ2) is 5.97. The third kappa shape index (κ3) is 2.83. The first-order chi connectivity index (χ1) is 9.37. The van der Waals surface area contributed by atoms with Gasteiger partial charge >= 0.3 is 0 Å². The van der Waals surface area contributed by atoms with E-state index in [1.54, 1.807) is 0 Å². The van der Waals surface area contributed by atoms with Gasteiger partial charge in [-0.15, -0.1) is 0 Å². The average molecular weight is 321 g/mol. The standard InChI is InChI=1S/C13H18ClFN2O2S/c1-17(11-4-2-3-5-11)20(18,19)12-7-10(14)6-9(8-16)13(12)15/h6-7,11H,2-5,8,16H2,1H3. The molecule has 2 rings (SSSR count). The second-order valence-electron chi connectivity index (χ2n) is 5.04. The van der Waals surface area contributed by atoms with Crippen LogP contribution in [0.15, 0.2) is 17.0 Å². The zero-order valence-electron chi connectivity index (χ0n) is 11.3. The van der Waals surface area contributed by atoms with Gasteiger partial charge in [0.25, 0.3) is 0 Å². The Morgan fingerprint density at radius 1 is 1.40 bits per heavy atom. The molecular formula is C13H18ClFN2O2S. The molecule has 1 aliphatic rings. The Hall–Kier alpha value is -0.690. The third-order valence-corrected chi connectivity index (χ3v) is 5.92. The van der Waals surface area contributed by atoms with Gasteiger partial charge in [-0.3, -0.25) is 0 Å². The van der Waals surface area contributed by atoms with E-state index in [9.17, 15) is 12.8 Å². The molecule has 0 amide bonds. The van der Waals surface area contributed by atoms with Crippen LogP contribution in [0, 0.1) is 5.82 Å². The predicted molar refractivity (Wildman–Crippen MR) is 76.5 cm³/mol. The highest BCUT2D eigenvalue weighted by Crippen LogP contribution is 2.30. The molecule has 0 radical (unpaired) electrons. The fourth-order valence-electron chi connectivity index (χ4n) is 2.57. The molecule has 0 atom stereocenters. The molecule has 0 saturated heterocycles. The van der Waals surface area contributed by atoms with E-state index in [4.69, 9.17) is 17.3 Å². The normalized spacial score (nSPS) is 17.1. The van der Waals surface area contributed by atoms with E-state index in [2.05, 4.69) is 0 Å². The third-order valence-electron chi connectivity index (χ3n) is 3.80. The maximum Gasteiger partial charge on any atom is 0.246 e. The van der Waals surface area contributed by atoms with Gasteiger partial charge in [-0.25, -0.2) is 12.8 Å². The Labute approximate surface area is 123 Å². The highest BCUT2D eigenvalue weighted by atomic mass is 35.5. The van der Waals surface area contributed by atoms with Gasteiger partial charge in [0.1, 0.15) is 10.7 Å². The van der Waals surface area contributed by atoms with Crippen LogP contribution in [0.3, 0.4) is 0 Å². The quantitative estimate of drug-likeness (QED) is 0.927. The van der Waals surface area contributed by atoms with Crippen LogP contribution in [0.4, 0.5) is 4.39 Å². The molecular weight excluding hydrogens is 303 g/mol. The van der Waals surface area contributed by atoms with Crippen LogP contribution in [-0.2, 0) is 16.6 Å². The minimum absolute atomic E-state index is 0.0697. The molecule has 0 aromatic heterocycles. The molecule has 0 bridgehead atoms. The average Bonchev–Trinajstić information content (AvgIpc) is 2.93. The van der Waals surface area contributed by atoms with E-state index in [0.717, 1.165) is 31.7 Å². The lowest BCUT2D eigenvalue weighted by atomic mass is 10.2. The fourth-order valence-corrected chi connectivity index (χ4v) is 4.43. The summed E-state index contributed by atoms with van der Waals surface area (Å²) < 4.78 is 40.6. The summed E-state index contributed by atoms with van der Waals surface area (Å²) in [5.74, 6) is -0.804. The molecule has 112 valence electrons. The Morgan fingerprint density at radius 2 is 2.00 bits per heavy atom. The number of rotatable bonds is 4. The van der Waals surface area contributed by atoms with E-state index < -0.39 is 15.8 Å². The summed E-state index contributed by atoms with van der Waals surface area (Å²) in [6.07, 6.45) is 3.61. The summed E-state index contributed by atoms with van der Waals surface area (Å²) in [5.41, 5.74) is 5.53. The molecule has 20 heavy (non-hydrogen) atoms. The van der Waals surface area contributed by atoms with Crippen LogP contribution in [0.25, 0.3) is 0 Å². The number of halogens is 2. The highest BCUT2D eigenvalue weighted by Gasteiger charge is 2.32. The monoisotopic (exact) mass is 320 g/mol. The molecule has 0 aliphatic heterocycles. The zero-order valence-corrected chi connectivity index (χ0v) is 12.8. The van der Waals surface area contributed by atoms with E-state index in [1.165, 1.54) is 17.4 Å². The minimum atomic E-state index is -3.89. The molecule has 1 fully saturated rings.